The van der Waals surface area contributed by atoms with E-state index >= 15 is 0 Å². The summed E-state index contributed by atoms with van der Waals surface area (Å²) in [5, 5.41) is 32.9. The molecule has 1 saturated heterocycles. The second kappa shape index (κ2) is 7.67. The number of hydrogen-bond donors (Lipinski definition) is 3. The van der Waals surface area contributed by atoms with Crippen molar-refractivity contribution in [1.82, 2.24) is 4.90 Å². The summed E-state index contributed by atoms with van der Waals surface area (Å²) in [6.07, 6.45) is -0.194. The lowest BCUT2D eigenvalue weighted by molar-refractivity contribution is -0.102. The second-order valence-corrected chi connectivity index (χ2v) is 5.14. The summed E-state index contributed by atoms with van der Waals surface area (Å²) in [6.45, 7) is 5.06. The molecule has 7 nitrogen and oxygen atoms in total. The van der Waals surface area contributed by atoms with Crippen molar-refractivity contribution in [3.05, 3.63) is 10.4 Å². The van der Waals surface area contributed by atoms with E-state index in [2.05, 4.69) is 23.9 Å². The van der Waals surface area contributed by atoms with Crippen molar-refractivity contribution in [2.24, 2.45) is 11.0 Å². The van der Waals surface area contributed by atoms with Crippen molar-refractivity contribution in [1.29, 1.82) is 0 Å². The average molecular weight is 272 g/mol. The van der Waals surface area contributed by atoms with Crippen LogP contribution in [0.5, 0.6) is 0 Å². The van der Waals surface area contributed by atoms with Gasteiger partial charge < -0.3 is 15.3 Å². The third-order valence-corrected chi connectivity index (χ3v) is 4.06. The zero-order chi connectivity index (χ0) is 14.4. The minimum atomic E-state index is -1.12. The van der Waals surface area contributed by atoms with E-state index in [1.807, 2.05) is 4.90 Å². The molecule has 7 heteroatoms. The first-order chi connectivity index (χ1) is 9.08. The Morgan fingerprint density at radius 2 is 1.95 bits per heavy atom. The fourth-order valence-corrected chi connectivity index (χ4v) is 2.64. The molecule has 0 radical (unpaired) electrons. The molecule has 1 fully saturated rings. The molecule has 0 aromatic rings. The SMILES string of the molecule is CCC(CC)CN1C[C@H](N=[N+]=[N-])[C@@H](O)[C@H](O)[C@H]1CO. The molecule has 0 saturated carbocycles. The largest absolute Gasteiger partial charge is 0.395 e. The van der Waals surface area contributed by atoms with E-state index in [-0.39, 0.29) is 6.61 Å². The van der Waals surface area contributed by atoms with Crippen molar-refractivity contribution in [3.8, 4) is 0 Å². The standard InChI is InChI=1S/C12H24N4O3/c1-3-8(4-2)5-16-6-9(14-15-13)11(18)12(19)10(16)7-17/h8-12,17-19H,3-7H2,1-2H3/t9-,10+,11+,12+/m0/s1. The van der Waals surface area contributed by atoms with E-state index in [9.17, 15) is 15.3 Å². The monoisotopic (exact) mass is 272 g/mol. The third kappa shape index (κ3) is 3.81. The number of azide groups is 1. The van der Waals surface area contributed by atoms with Crippen molar-refractivity contribution < 1.29 is 15.3 Å². The molecule has 0 bridgehead atoms. The van der Waals surface area contributed by atoms with Crippen LogP contribution in [0.25, 0.3) is 10.4 Å². The smallest absolute Gasteiger partial charge is 0.0980 e. The van der Waals surface area contributed by atoms with Crippen LogP contribution >= 0.6 is 0 Å². The van der Waals surface area contributed by atoms with E-state index in [4.69, 9.17) is 5.53 Å². The van der Waals surface area contributed by atoms with Crippen LogP contribution in [-0.2, 0) is 0 Å². The summed E-state index contributed by atoms with van der Waals surface area (Å²) in [7, 11) is 0. The Morgan fingerprint density at radius 1 is 1.32 bits per heavy atom. The van der Waals surface area contributed by atoms with Gasteiger partial charge in [-0.1, -0.05) is 31.8 Å². The van der Waals surface area contributed by atoms with Crippen molar-refractivity contribution in [2.75, 3.05) is 19.7 Å². The average Bonchev–Trinajstić information content (AvgIpc) is 2.42. The van der Waals surface area contributed by atoms with Gasteiger partial charge >= 0.3 is 0 Å². The molecule has 1 rings (SSSR count). The van der Waals surface area contributed by atoms with Gasteiger partial charge in [0, 0.05) is 18.0 Å². The van der Waals surface area contributed by atoms with Crippen LogP contribution in [0.4, 0.5) is 0 Å². The minimum Gasteiger partial charge on any atom is -0.395 e. The highest BCUT2D eigenvalue weighted by Crippen LogP contribution is 2.23. The van der Waals surface area contributed by atoms with Gasteiger partial charge in [-0.2, -0.15) is 0 Å². The molecule has 110 valence electrons. The first-order valence-corrected chi connectivity index (χ1v) is 6.84. The fourth-order valence-electron chi connectivity index (χ4n) is 2.64. The van der Waals surface area contributed by atoms with Crippen LogP contribution in [0.1, 0.15) is 26.7 Å². The van der Waals surface area contributed by atoms with E-state index in [0.717, 1.165) is 19.4 Å². The number of aliphatic hydroxyl groups excluding tert-OH is 3. The molecule has 0 spiro atoms. The number of rotatable bonds is 6. The molecule has 4 atom stereocenters. The summed E-state index contributed by atoms with van der Waals surface area (Å²) >= 11 is 0. The third-order valence-electron chi connectivity index (χ3n) is 4.06. The highest BCUT2D eigenvalue weighted by molar-refractivity contribution is 4.97. The maximum Gasteiger partial charge on any atom is 0.0980 e. The normalized spacial score (nSPS) is 32.3. The first kappa shape index (κ1) is 16.2. The summed E-state index contributed by atoms with van der Waals surface area (Å²) in [4.78, 5) is 4.64. The van der Waals surface area contributed by atoms with E-state index < -0.39 is 24.3 Å². The Morgan fingerprint density at radius 3 is 2.42 bits per heavy atom. The van der Waals surface area contributed by atoms with Gasteiger partial charge in [0.05, 0.1) is 30.9 Å². The maximum absolute atomic E-state index is 10.0. The summed E-state index contributed by atoms with van der Waals surface area (Å²) in [5.41, 5.74) is 8.50. The van der Waals surface area contributed by atoms with Crippen LogP contribution in [0, 0.1) is 5.92 Å². The first-order valence-electron chi connectivity index (χ1n) is 6.84. The van der Waals surface area contributed by atoms with Crippen molar-refractivity contribution >= 4 is 0 Å². The number of likely N-dealkylation sites (tertiary alicyclic amines) is 1. The highest BCUT2D eigenvalue weighted by Gasteiger charge is 2.41. The van der Waals surface area contributed by atoms with Gasteiger partial charge in [-0.3, -0.25) is 4.90 Å². The molecule has 0 aliphatic carbocycles. The lowest BCUT2D eigenvalue weighted by atomic mass is 9.91. The Balaban J connectivity index is 2.83. The van der Waals surface area contributed by atoms with Gasteiger partial charge in [0.1, 0.15) is 0 Å². The zero-order valence-electron chi connectivity index (χ0n) is 11.6. The molecule has 1 aliphatic heterocycles. The number of aliphatic hydroxyl groups is 3. The highest BCUT2D eigenvalue weighted by atomic mass is 16.3. The van der Waals surface area contributed by atoms with Gasteiger partial charge in [-0.15, -0.1) is 0 Å². The van der Waals surface area contributed by atoms with Crippen molar-refractivity contribution in [2.45, 2.75) is 51.0 Å². The van der Waals surface area contributed by atoms with Gasteiger partial charge in [0.15, 0.2) is 0 Å². The van der Waals surface area contributed by atoms with Gasteiger partial charge in [-0.05, 0) is 11.4 Å². The summed E-state index contributed by atoms with van der Waals surface area (Å²) < 4.78 is 0. The number of hydrogen-bond acceptors (Lipinski definition) is 5. The maximum atomic E-state index is 10.0. The quantitative estimate of drug-likeness (QED) is 0.371. The predicted molar refractivity (Wildman–Crippen MR) is 71.5 cm³/mol. The van der Waals surface area contributed by atoms with Crippen LogP contribution < -0.4 is 0 Å². The molecule has 0 unspecified atom stereocenters. The van der Waals surface area contributed by atoms with E-state index in [1.165, 1.54) is 0 Å². The summed E-state index contributed by atoms with van der Waals surface area (Å²) in [5.74, 6) is 0.461. The lowest BCUT2D eigenvalue weighted by Crippen LogP contribution is -2.62. The molecule has 1 aliphatic rings. The Bertz CT molecular complexity index is 318. The van der Waals surface area contributed by atoms with Gasteiger partial charge in [0.25, 0.3) is 0 Å². The molecular weight excluding hydrogens is 248 g/mol. The van der Waals surface area contributed by atoms with Crippen molar-refractivity contribution in [3.63, 3.8) is 0 Å². The molecule has 0 aromatic carbocycles. The molecule has 19 heavy (non-hydrogen) atoms. The zero-order valence-corrected chi connectivity index (χ0v) is 11.6. The second-order valence-electron chi connectivity index (χ2n) is 5.14. The van der Waals surface area contributed by atoms with Gasteiger partial charge in [0.2, 0.25) is 0 Å². The number of nitrogens with zero attached hydrogens (tertiary/aromatic N) is 4. The van der Waals surface area contributed by atoms with Crippen LogP contribution in [0.15, 0.2) is 5.11 Å². The topological polar surface area (TPSA) is 113 Å². The summed E-state index contributed by atoms with van der Waals surface area (Å²) in [6, 6.07) is -1.17. The van der Waals surface area contributed by atoms with Crippen LogP contribution in [-0.4, -0.2) is 64.2 Å². The fraction of sp³-hybridized carbons (Fsp3) is 1.00. The van der Waals surface area contributed by atoms with E-state index in [1.54, 1.807) is 0 Å². The molecular formula is C12H24N4O3. The predicted octanol–water partition coefficient (Wildman–Crippen LogP) is 0.500. The Hall–Kier alpha value is -0.850. The van der Waals surface area contributed by atoms with Crippen LogP contribution in [0.3, 0.4) is 0 Å². The van der Waals surface area contributed by atoms with Crippen LogP contribution in [0.2, 0.25) is 0 Å². The molecule has 0 aromatic heterocycles. The minimum absolute atomic E-state index is 0.221. The number of piperidine rings is 1. The molecule has 0 amide bonds. The van der Waals surface area contributed by atoms with Gasteiger partial charge in [-0.25, -0.2) is 0 Å². The van der Waals surface area contributed by atoms with E-state index in [0.29, 0.717) is 12.5 Å². The Kier molecular flexibility index (Phi) is 6.54. The lowest BCUT2D eigenvalue weighted by Gasteiger charge is -2.44. The molecule has 1 heterocycles. The molecule has 3 N–H and O–H groups in total. The Labute approximate surface area is 113 Å².